The minimum absolute atomic E-state index is 0.0332. The molecule has 0 heterocycles. The van der Waals surface area contributed by atoms with E-state index in [1.165, 1.54) is 31.2 Å². The lowest BCUT2D eigenvalue weighted by Gasteiger charge is -2.39. The normalized spacial score (nSPS) is 25.8. The molecule has 0 radical (unpaired) electrons. The number of aliphatic hydroxyl groups excluding tert-OH is 3. The fraction of sp³-hybridized carbons (Fsp3) is 0.480. The first kappa shape index (κ1) is 27.4. The second kappa shape index (κ2) is 11.9. The molecule has 4 atom stereocenters. The first-order valence-corrected chi connectivity index (χ1v) is 10.5. The van der Waals surface area contributed by atoms with Crippen molar-refractivity contribution in [2.45, 2.75) is 59.7 Å². The number of ether oxygens (including phenoxy) is 1. The Morgan fingerprint density at radius 1 is 1.28 bits per heavy atom. The van der Waals surface area contributed by atoms with Crippen molar-refractivity contribution in [3.05, 3.63) is 59.4 Å². The van der Waals surface area contributed by atoms with E-state index in [1.807, 2.05) is 0 Å². The monoisotopic (exact) mass is 446 g/mol. The highest BCUT2D eigenvalue weighted by molar-refractivity contribution is 6.12. The van der Waals surface area contributed by atoms with E-state index in [0.29, 0.717) is 5.57 Å². The number of aliphatic hydroxyl groups is 3. The molecule has 0 spiro atoms. The molecule has 0 saturated carbocycles. The van der Waals surface area contributed by atoms with Gasteiger partial charge in [-0.15, -0.1) is 0 Å². The molecular formula is C25H34O7. The van der Waals surface area contributed by atoms with Gasteiger partial charge in [0.1, 0.15) is 0 Å². The molecule has 0 aromatic rings. The lowest BCUT2D eigenvalue weighted by atomic mass is 9.66. The molecule has 0 amide bonds. The van der Waals surface area contributed by atoms with E-state index in [0.717, 1.165) is 11.8 Å². The molecule has 0 fully saturated rings. The summed E-state index contributed by atoms with van der Waals surface area (Å²) in [5.41, 5.74) is 0.270. The summed E-state index contributed by atoms with van der Waals surface area (Å²) >= 11 is 0. The molecule has 1 aliphatic rings. The molecule has 176 valence electrons. The number of hydrogen-bond donors (Lipinski definition) is 3. The average Bonchev–Trinajstić information content (AvgIpc) is 2.75. The number of Topliss-reactive ketones (excluding diaryl/α,β-unsaturated/α-hetero) is 1. The van der Waals surface area contributed by atoms with E-state index >= 15 is 0 Å². The summed E-state index contributed by atoms with van der Waals surface area (Å²) in [6.45, 7) is 11.3. The third-order valence-corrected chi connectivity index (χ3v) is 5.55. The number of esters is 1. The lowest BCUT2D eigenvalue weighted by Crippen LogP contribution is -2.39. The Morgan fingerprint density at radius 3 is 2.41 bits per heavy atom. The van der Waals surface area contributed by atoms with Gasteiger partial charge in [-0.1, -0.05) is 24.6 Å². The predicted molar refractivity (Wildman–Crippen MR) is 121 cm³/mol. The average molecular weight is 447 g/mol. The molecule has 0 aromatic carbocycles. The molecular weight excluding hydrogens is 412 g/mol. The number of ketones is 2. The van der Waals surface area contributed by atoms with E-state index in [-0.39, 0.29) is 29.8 Å². The van der Waals surface area contributed by atoms with Gasteiger partial charge in [0, 0.05) is 28.6 Å². The Balaban J connectivity index is 3.54. The van der Waals surface area contributed by atoms with Crippen molar-refractivity contribution in [1.82, 2.24) is 0 Å². The number of carbonyl (C=O) groups is 3. The van der Waals surface area contributed by atoms with Crippen LogP contribution in [0, 0.1) is 11.3 Å². The molecule has 7 heteroatoms. The second-order valence-electron chi connectivity index (χ2n) is 8.71. The van der Waals surface area contributed by atoms with E-state index < -0.39 is 41.9 Å². The lowest BCUT2D eigenvalue weighted by molar-refractivity contribution is -0.132. The van der Waals surface area contributed by atoms with Crippen LogP contribution in [-0.2, 0) is 19.1 Å². The smallest absolute Gasteiger partial charge is 0.335 e. The molecule has 0 bridgehead atoms. The van der Waals surface area contributed by atoms with Gasteiger partial charge in [-0.25, -0.2) is 4.79 Å². The van der Waals surface area contributed by atoms with Crippen molar-refractivity contribution in [3.8, 4) is 0 Å². The van der Waals surface area contributed by atoms with Crippen molar-refractivity contribution in [2.24, 2.45) is 11.3 Å². The van der Waals surface area contributed by atoms with Crippen molar-refractivity contribution in [2.75, 3.05) is 6.61 Å². The van der Waals surface area contributed by atoms with Crippen molar-refractivity contribution in [3.63, 3.8) is 0 Å². The second-order valence-corrected chi connectivity index (χ2v) is 8.71. The van der Waals surface area contributed by atoms with Crippen LogP contribution in [0.1, 0.15) is 47.5 Å². The zero-order chi connectivity index (χ0) is 24.6. The maximum atomic E-state index is 13.1. The highest BCUT2D eigenvalue weighted by Gasteiger charge is 2.45. The van der Waals surface area contributed by atoms with Crippen LogP contribution < -0.4 is 0 Å². The highest BCUT2D eigenvalue weighted by Crippen LogP contribution is 2.45. The fourth-order valence-corrected chi connectivity index (χ4v) is 3.60. The van der Waals surface area contributed by atoms with Crippen LogP contribution in [0.2, 0.25) is 0 Å². The van der Waals surface area contributed by atoms with Gasteiger partial charge in [0.25, 0.3) is 0 Å². The van der Waals surface area contributed by atoms with Crippen molar-refractivity contribution in [1.29, 1.82) is 0 Å². The quantitative estimate of drug-likeness (QED) is 0.215. The molecule has 3 N–H and O–H groups in total. The van der Waals surface area contributed by atoms with Gasteiger partial charge < -0.3 is 20.1 Å². The Hall–Kier alpha value is -2.61. The molecule has 0 saturated heterocycles. The number of carbonyl (C=O) groups excluding carboxylic acids is 3. The molecule has 1 aliphatic carbocycles. The third-order valence-electron chi connectivity index (χ3n) is 5.55. The standard InChI is InChI=1S/C25H34O7/c1-15(2)11-23(30)32-10-8-20-19(12-17(5)27)24(31)18(14-26)13-22(29)25(20,6)9-7-21(28)16(3)4/h8,10-13,20-22,26,28-29H,3,7,9,14H2,1-2,4-6H3/b10-8+,19-12-/t20-,21?,22-,25+/m0/s1. The van der Waals surface area contributed by atoms with Gasteiger partial charge >= 0.3 is 5.97 Å². The molecule has 0 aromatic heterocycles. The zero-order valence-corrected chi connectivity index (χ0v) is 19.4. The Kier molecular flexibility index (Phi) is 10.2. The van der Waals surface area contributed by atoms with Gasteiger partial charge in [-0.3, -0.25) is 9.59 Å². The third kappa shape index (κ3) is 7.22. The summed E-state index contributed by atoms with van der Waals surface area (Å²) in [7, 11) is 0. The summed E-state index contributed by atoms with van der Waals surface area (Å²) in [5.74, 6) is -2.40. The largest absolute Gasteiger partial charge is 0.432 e. The summed E-state index contributed by atoms with van der Waals surface area (Å²) < 4.78 is 5.10. The van der Waals surface area contributed by atoms with Crippen LogP contribution in [0.15, 0.2) is 59.4 Å². The Labute approximate surface area is 189 Å². The van der Waals surface area contributed by atoms with Crippen LogP contribution in [0.4, 0.5) is 0 Å². The van der Waals surface area contributed by atoms with Crippen LogP contribution in [0.5, 0.6) is 0 Å². The molecule has 1 rings (SSSR count). The number of rotatable bonds is 9. The van der Waals surface area contributed by atoms with Crippen LogP contribution in [-0.4, -0.2) is 51.7 Å². The fourth-order valence-electron chi connectivity index (χ4n) is 3.60. The van der Waals surface area contributed by atoms with E-state index in [1.54, 1.807) is 27.7 Å². The molecule has 7 nitrogen and oxygen atoms in total. The number of hydrogen-bond acceptors (Lipinski definition) is 7. The summed E-state index contributed by atoms with van der Waals surface area (Å²) in [6.07, 6.45) is 4.83. The van der Waals surface area contributed by atoms with E-state index in [4.69, 9.17) is 4.74 Å². The summed E-state index contributed by atoms with van der Waals surface area (Å²) in [4.78, 5) is 36.9. The maximum absolute atomic E-state index is 13.1. The first-order valence-electron chi connectivity index (χ1n) is 10.5. The topological polar surface area (TPSA) is 121 Å². The summed E-state index contributed by atoms with van der Waals surface area (Å²) in [5, 5.41) is 30.9. The van der Waals surface area contributed by atoms with Crippen molar-refractivity contribution < 1.29 is 34.4 Å². The van der Waals surface area contributed by atoms with Crippen molar-refractivity contribution >= 4 is 17.5 Å². The molecule has 1 unspecified atom stereocenters. The Morgan fingerprint density at radius 2 is 1.91 bits per heavy atom. The van der Waals surface area contributed by atoms with Gasteiger partial charge in [0.05, 0.1) is 25.1 Å². The summed E-state index contributed by atoms with van der Waals surface area (Å²) in [6, 6.07) is 0. The van der Waals surface area contributed by atoms with Crippen LogP contribution >= 0.6 is 0 Å². The van der Waals surface area contributed by atoms with Gasteiger partial charge in [-0.2, -0.15) is 0 Å². The van der Waals surface area contributed by atoms with Gasteiger partial charge in [0.2, 0.25) is 0 Å². The minimum atomic E-state index is -1.19. The molecule has 32 heavy (non-hydrogen) atoms. The minimum Gasteiger partial charge on any atom is -0.432 e. The number of allylic oxidation sites excluding steroid dienone is 4. The highest BCUT2D eigenvalue weighted by atomic mass is 16.5. The van der Waals surface area contributed by atoms with E-state index in [2.05, 4.69) is 6.58 Å². The van der Waals surface area contributed by atoms with Crippen LogP contribution in [0.3, 0.4) is 0 Å². The predicted octanol–water partition coefficient (Wildman–Crippen LogP) is 2.73. The maximum Gasteiger partial charge on any atom is 0.335 e. The Bertz CT molecular complexity index is 871. The molecule has 0 aliphatic heterocycles. The first-order chi connectivity index (χ1) is 14.8. The van der Waals surface area contributed by atoms with Gasteiger partial charge in [-0.05, 0) is 58.8 Å². The SMILES string of the molecule is C=C(C)C(O)CC[C@@]1(C)[C@@H](O)C=C(CO)C(=O)/C(=C\C(C)=O)[C@@H]1/C=C/OC(=O)C=C(C)C. The van der Waals surface area contributed by atoms with E-state index in [9.17, 15) is 29.7 Å². The van der Waals surface area contributed by atoms with Crippen LogP contribution in [0.25, 0.3) is 0 Å². The van der Waals surface area contributed by atoms with Gasteiger partial charge in [0.15, 0.2) is 11.6 Å². The zero-order valence-electron chi connectivity index (χ0n) is 19.4.